The van der Waals surface area contributed by atoms with Crippen molar-refractivity contribution >= 4 is 29.1 Å². The lowest BCUT2D eigenvalue weighted by molar-refractivity contribution is -0.138. The van der Waals surface area contributed by atoms with Crippen molar-refractivity contribution in [2.75, 3.05) is 13.4 Å². The predicted molar refractivity (Wildman–Crippen MR) is 138 cm³/mol. The fourth-order valence-corrected chi connectivity index (χ4v) is 5.45. The highest BCUT2D eigenvalue weighted by Crippen LogP contribution is 2.39. The van der Waals surface area contributed by atoms with Crippen molar-refractivity contribution < 1.29 is 19.0 Å². The molecule has 0 N–H and O–H groups in total. The van der Waals surface area contributed by atoms with Gasteiger partial charge in [-0.2, -0.15) is 0 Å². The lowest BCUT2D eigenvalue weighted by atomic mass is 9.93. The molecule has 2 aromatic carbocycles. The maximum atomic E-state index is 13.8. The van der Waals surface area contributed by atoms with Crippen molar-refractivity contribution in [2.24, 2.45) is 4.99 Å². The third-order valence-corrected chi connectivity index (χ3v) is 7.05. The van der Waals surface area contributed by atoms with Crippen molar-refractivity contribution in [3.05, 3.63) is 115 Å². The summed E-state index contributed by atoms with van der Waals surface area (Å²) >= 11 is 1.26. The van der Waals surface area contributed by atoms with E-state index >= 15 is 0 Å². The molecule has 2 aromatic heterocycles. The van der Waals surface area contributed by atoms with Crippen LogP contribution >= 0.6 is 11.3 Å². The monoisotopic (exact) mass is 511 g/mol. The van der Waals surface area contributed by atoms with Gasteiger partial charge in [-0.15, -0.1) is 0 Å². The number of nitrogens with zero attached hydrogens (tertiary/aromatic N) is 3. The van der Waals surface area contributed by atoms with Gasteiger partial charge in [0.25, 0.3) is 5.56 Å². The van der Waals surface area contributed by atoms with E-state index in [4.69, 9.17) is 19.2 Å². The Hall–Kier alpha value is -4.50. The molecule has 9 heteroatoms. The van der Waals surface area contributed by atoms with Gasteiger partial charge in [-0.25, -0.2) is 9.79 Å². The number of carbonyl (C=O) groups is 1. The number of aromatic nitrogens is 2. The summed E-state index contributed by atoms with van der Waals surface area (Å²) in [6, 6.07) is 17.8. The summed E-state index contributed by atoms with van der Waals surface area (Å²) in [4.78, 5) is 36.8. The second-order valence-corrected chi connectivity index (χ2v) is 9.34. The van der Waals surface area contributed by atoms with Gasteiger partial charge >= 0.3 is 5.97 Å². The number of carbonyl (C=O) groups excluding carboxylic acids is 1. The Balaban J connectivity index is 1.66. The normalized spacial score (nSPS) is 16.4. The minimum atomic E-state index is -0.781. The van der Waals surface area contributed by atoms with Gasteiger partial charge in [0.2, 0.25) is 6.79 Å². The van der Waals surface area contributed by atoms with Crippen molar-refractivity contribution in [3.63, 3.8) is 0 Å². The molecule has 4 heterocycles. The first-order valence-corrected chi connectivity index (χ1v) is 12.5. The van der Waals surface area contributed by atoms with E-state index in [-0.39, 0.29) is 24.5 Å². The number of benzene rings is 2. The number of hydrogen-bond acceptors (Lipinski definition) is 8. The Labute approximate surface area is 215 Å². The topological polar surface area (TPSA) is 92.0 Å². The SMILES string of the molecule is CCOC(=O)C1=C(c2ccccc2)N=c2s/c(=C/c3cccnc3)c(=O)n2[C@@H]1c1ccc2c(c1)OCO2. The zero-order valence-corrected chi connectivity index (χ0v) is 20.6. The van der Waals surface area contributed by atoms with Gasteiger partial charge < -0.3 is 14.2 Å². The summed E-state index contributed by atoms with van der Waals surface area (Å²) in [7, 11) is 0. The summed E-state index contributed by atoms with van der Waals surface area (Å²) in [6.07, 6.45) is 5.15. The molecular formula is C28H21N3O5S. The number of esters is 1. The maximum absolute atomic E-state index is 13.8. The number of rotatable bonds is 5. The Morgan fingerprint density at radius 1 is 1.14 bits per heavy atom. The standard InChI is InChI=1S/C28H21N3O5S/c1-2-34-27(33)23-24(18-8-4-3-5-9-18)30-28-31(25(23)19-10-11-20-21(14-19)36-16-35-20)26(32)22(37-28)13-17-7-6-12-29-15-17/h3-15,25H,2,16H2,1H3/b22-13+/t25-/m1/s1. The van der Waals surface area contributed by atoms with Gasteiger partial charge in [-0.3, -0.25) is 14.3 Å². The van der Waals surface area contributed by atoms with Crippen LogP contribution in [0.5, 0.6) is 11.5 Å². The molecule has 37 heavy (non-hydrogen) atoms. The molecule has 2 aliphatic heterocycles. The molecule has 0 saturated carbocycles. The first-order valence-electron chi connectivity index (χ1n) is 11.7. The van der Waals surface area contributed by atoms with Gasteiger partial charge in [0, 0.05) is 18.0 Å². The van der Waals surface area contributed by atoms with Crippen LogP contribution in [0.1, 0.15) is 29.7 Å². The molecule has 0 amide bonds. The molecule has 0 spiro atoms. The molecule has 0 bridgehead atoms. The Bertz CT molecular complexity index is 1710. The molecule has 0 radical (unpaired) electrons. The summed E-state index contributed by atoms with van der Waals surface area (Å²) in [5.74, 6) is 0.628. The van der Waals surface area contributed by atoms with Crippen LogP contribution in [0.2, 0.25) is 0 Å². The number of thiazole rings is 1. The molecule has 4 aromatic rings. The van der Waals surface area contributed by atoms with E-state index in [9.17, 15) is 9.59 Å². The van der Waals surface area contributed by atoms with E-state index in [1.165, 1.54) is 11.3 Å². The van der Waals surface area contributed by atoms with Gasteiger partial charge in [0.05, 0.1) is 28.5 Å². The average Bonchev–Trinajstić information content (AvgIpc) is 3.52. The number of ether oxygens (including phenoxy) is 3. The van der Waals surface area contributed by atoms with Gasteiger partial charge in [0.15, 0.2) is 16.3 Å². The van der Waals surface area contributed by atoms with Crippen molar-refractivity contribution in [1.29, 1.82) is 0 Å². The molecule has 8 nitrogen and oxygen atoms in total. The van der Waals surface area contributed by atoms with E-state index in [2.05, 4.69) is 4.98 Å². The first kappa shape index (κ1) is 22.9. The molecule has 2 aliphatic rings. The van der Waals surface area contributed by atoms with Gasteiger partial charge in [-0.05, 0) is 42.3 Å². The second-order valence-electron chi connectivity index (χ2n) is 8.33. The Kier molecular flexibility index (Phi) is 5.90. The highest BCUT2D eigenvalue weighted by molar-refractivity contribution is 7.07. The number of hydrogen-bond donors (Lipinski definition) is 0. The van der Waals surface area contributed by atoms with E-state index in [0.29, 0.717) is 32.1 Å². The highest BCUT2D eigenvalue weighted by Gasteiger charge is 2.36. The third kappa shape index (κ3) is 4.13. The lowest BCUT2D eigenvalue weighted by Gasteiger charge is -2.26. The van der Waals surface area contributed by atoms with Crippen molar-refractivity contribution in [2.45, 2.75) is 13.0 Å². The lowest BCUT2D eigenvalue weighted by Crippen LogP contribution is -2.40. The molecule has 0 fully saturated rings. The fraction of sp³-hybridized carbons (Fsp3) is 0.143. The van der Waals surface area contributed by atoms with Crippen LogP contribution < -0.4 is 24.4 Å². The molecule has 0 saturated heterocycles. The van der Waals surface area contributed by atoms with Crippen LogP contribution in [-0.2, 0) is 9.53 Å². The number of fused-ring (bicyclic) bond motifs is 2. The van der Waals surface area contributed by atoms with Crippen LogP contribution in [0.25, 0.3) is 11.8 Å². The summed E-state index contributed by atoms with van der Waals surface area (Å²) in [5.41, 5.74) is 2.72. The van der Waals surface area contributed by atoms with Crippen LogP contribution in [-0.4, -0.2) is 28.9 Å². The summed E-state index contributed by atoms with van der Waals surface area (Å²) in [6.45, 7) is 2.05. The molecule has 6 rings (SSSR count). The summed E-state index contributed by atoms with van der Waals surface area (Å²) < 4.78 is 18.6. The molecular weight excluding hydrogens is 490 g/mol. The zero-order valence-electron chi connectivity index (χ0n) is 19.8. The Morgan fingerprint density at radius 3 is 2.76 bits per heavy atom. The maximum Gasteiger partial charge on any atom is 0.338 e. The molecule has 1 atom stereocenters. The largest absolute Gasteiger partial charge is 0.463 e. The smallest absolute Gasteiger partial charge is 0.338 e. The van der Waals surface area contributed by atoms with Crippen LogP contribution in [0.3, 0.4) is 0 Å². The van der Waals surface area contributed by atoms with Gasteiger partial charge in [-0.1, -0.05) is 53.8 Å². The van der Waals surface area contributed by atoms with Crippen molar-refractivity contribution in [3.8, 4) is 11.5 Å². The average molecular weight is 512 g/mol. The predicted octanol–water partition coefficient (Wildman–Crippen LogP) is 3.06. The van der Waals surface area contributed by atoms with E-state index in [1.54, 1.807) is 42.1 Å². The fourth-order valence-electron chi connectivity index (χ4n) is 4.45. The molecule has 0 aliphatic carbocycles. The minimum absolute atomic E-state index is 0.114. The van der Waals surface area contributed by atoms with Crippen molar-refractivity contribution in [1.82, 2.24) is 9.55 Å². The minimum Gasteiger partial charge on any atom is -0.463 e. The van der Waals surface area contributed by atoms with E-state index in [1.807, 2.05) is 48.5 Å². The Morgan fingerprint density at radius 2 is 1.97 bits per heavy atom. The first-order chi connectivity index (χ1) is 18.1. The van der Waals surface area contributed by atoms with E-state index in [0.717, 1.165) is 11.1 Å². The number of pyridine rings is 1. The zero-order chi connectivity index (χ0) is 25.4. The summed E-state index contributed by atoms with van der Waals surface area (Å²) in [5, 5.41) is 0. The highest BCUT2D eigenvalue weighted by atomic mass is 32.1. The second kappa shape index (κ2) is 9.51. The molecule has 0 unspecified atom stereocenters. The van der Waals surface area contributed by atoms with Crippen LogP contribution in [0, 0.1) is 0 Å². The van der Waals surface area contributed by atoms with Crippen LogP contribution in [0.15, 0.2) is 88.4 Å². The molecule has 184 valence electrons. The quantitative estimate of drug-likeness (QED) is 0.383. The third-order valence-electron chi connectivity index (χ3n) is 6.07. The van der Waals surface area contributed by atoms with E-state index < -0.39 is 12.0 Å². The van der Waals surface area contributed by atoms with Crippen LogP contribution in [0.4, 0.5) is 0 Å². The van der Waals surface area contributed by atoms with Gasteiger partial charge in [0.1, 0.15) is 0 Å².